The van der Waals surface area contributed by atoms with E-state index in [4.69, 9.17) is 4.74 Å². The summed E-state index contributed by atoms with van der Waals surface area (Å²) in [5.41, 5.74) is 5.00. The number of likely N-dealkylation sites (N-methyl/N-ethyl adjacent to an activating group) is 1. The first-order valence-corrected chi connectivity index (χ1v) is 9.99. The fourth-order valence-corrected chi connectivity index (χ4v) is 3.05. The van der Waals surface area contributed by atoms with Gasteiger partial charge in [0, 0.05) is 19.7 Å². The molecule has 0 saturated carbocycles. The van der Waals surface area contributed by atoms with Crippen LogP contribution in [-0.2, 0) is 27.4 Å². The van der Waals surface area contributed by atoms with Gasteiger partial charge in [0.1, 0.15) is 5.69 Å². The fourth-order valence-electron chi connectivity index (χ4n) is 3.05. The molecule has 0 saturated heterocycles. The van der Waals surface area contributed by atoms with Crippen molar-refractivity contribution in [2.24, 2.45) is 0 Å². The van der Waals surface area contributed by atoms with Crippen molar-refractivity contribution in [2.45, 2.75) is 26.9 Å². The lowest BCUT2D eigenvalue weighted by Gasteiger charge is -2.18. The van der Waals surface area contributed by atoms with E-state index in [-0.39, 0.29) is 12.5 Å². The smallest absolute Gasteiger partial charge is 0.331 e. The average Bonchev–Trinajstić information content (AvgIpc) is 3.20. The number of amides is 1. The summed E-state index contributed by atoms with van der Waals surface area (Å²) < 4.78 is 6.75. The number of aromatic nitrogens is 3. The Kier molecular flexibility index (Phi) is 7.32. The van der Waals surface area contributed by atoms with Crippen LogP contribution < -0.4 is 0 Å². The van der Waals surface area contributed by atoms with Crippen molar-refractivity contribution in [2.75, 3.05) is 13.7 Å². The molecule has 1 amide bonds. The van der Waals surface area contributed by atoms with Gasteiger partial charge in [-0.3, -0.25) is 4.79 Å². The highest BCUT2D eigenvalue weighted by molar-refractivity contribution is 5.88. The van der Waals surface area contributed by atoms with Gasteiger partial charge in [-0.1, -0.05) is 59.3 Å². The summed E-state index contributed by atoms with van der Waals surface area (Å²) >= 11 is 0. The lowest BCUT2D eigenvalue weighted by molar-refractivity contribution is -0.147. The SMILES string of the molecule is Cc1ccc(CN(C)C(=O)COC(=O)/C=C/c2cn(Cc3ccccc3)nn2)c(C)c1. The first-order valence-electron chi connectivity index (χ1n) is 9.99. The maximum Gasteiger partial charge on any atom is 0.331 e. The van der Waals surface area contributed by atoms with Crippen molar-refractivity contribution in [3.05, 3.63) is 88.8 Å². The normalized spacial score (nSPS) is 10.9. The number of esters is 1. The van der Waals surface area contributed by atoms with Gasteiger partial charge in [-0.15, -0.1) is 5.10 Å². The van der Waals surface area contributed by atoms with E-state index in [0.717, 1.165) is 16.7 Å². The number of hydrogen-bond acceptors (Lipinski definition) is 5. The Morgan fingerprint density at radius 1 is 1.13 bits per heavy atom. The van der Waals surface area contributed by atoms with Crippen molar-refractivity contribution in [1.29, 1.82) is 0 Å². The van der Waals surface area contributed by atoms with Gasteiger partial charge in [0.05, 0.1) is 12.7 Å². The van der Waals surface area contributed by atoms with Crippen LogP contribution in [0.3, 0.4) is 0 Å². The second kappa shape index (κ2) is 10.3. The molecule has 1 aromatic heterocycles. The second-order valence-electron chi connectivity index (χ2n) is 7.45. The molecule has 0 aliphatic heterocycles. The molecule has 0 aliphatic carbocycles. The first-order chi connectivity index (χ1) is 14.9. The zero-order chi connectivity index (χ0) is 22.2. The quantitative estimate of drug-likeness (QED) is 0.415. The molecule has 160 valence electrons. The van der Waals surface area contributed by atoms with Crippen LogP contribution in [0.1, 0.15) is 27.9 Å². The lowest BCUT2D eigenvalue weighted by Crippen LogP contribution is -2.30. The third-order valence-electron chi connectivity index (χ3n) is 4.80. The number of carbonyl (C=O) groups is 2. The zero-order valence-electron chi connectivity index (χ0n) is 18.0. The Hall–Kier alpha value is -3.74. The van der Waals surface area contributed by atoms with Crippen LogP contribution in [0.4, 0.5) is 0 Å². The van der Waals surface area contributed by atoms with Gasteiger partial charge < -0.3 is 9.64 Å². The highest BCUT2D eigenvalue weighted by atomic mass is 16.5. The molecule has 0 radical (unpaired) electrons. The van der Waals surface area contributed by atoms with Crippen molar-refractivity contribution in [1.82, 2.24) is 19.9 Å². The summed E-state index contributed by atoms with van der Waals surface area (Å²) in [4.78, 5) is 25.8. The summed E-state index contributed by atoms with van der Waals surface area (Å²) in [6, 6.07) is 16.0. The maximum atomic E-state index is 12.3. The highest BCUT2D eigenvalue weighted by Crippen LogP contribution is 2.12. The molecular weight excluding hydrogens is 392 g/mol. The zero-order valence-corrected chi connectivity index (χ0v) is 18.0. The maximum absolute atomic E-state index is 12.3. The molecule has 0 aliphatic rings. The molecule has 1 heterocycles. The molecule has 3 rings (SSSR count). The van der Waals surface area contributed by atoms with E-state index in [0.29, 0.717) is 18.8 Å². The van der Waals surface area contributed by atoms with Crippen molar-refractivity contribution in [3.63, 3.8) is 0 Å². The van der Waals surface area contributed by atoms with Crippen molar-refractivity contribution in [3.8, 4) is 0 Å². The van der Waals surface area contributed by atoms with E-state index in [9.17, 15) is 9.59 Å². The van der Waals surface area contributed by atoms with E-state index in [1.54, 1.807) is 22.8 Å². The van der Waals surface area contributed by atoms with Crippen LogP contribution in [0.15, 0.2) is 60.8 Å². The predicted octanol–water partition coefficient (Wildman–Crippen LogP) is 3.16. The van der Waals surface area contributed by atoms with Crippen LogP contribution in [0.25, 0.3) is 6.08 Å². The Bertz CT molecular complexity index is 1070. The molecule has 2 aromatic carbocycles. The first kappa shape index (κ1) is 22.0. The van der Waals surface area contributed by atoms with Crippen LogP contribution in [0.5, 0.6) is 0 Å². The Morgan fingerprint density at radius 3 is 2.65 bits per heavy atom. The average molecular weight is 418 g/mol. The van der Waals surface area contributed by atoms with Gasteiger partial charge in [0.15, 0.2) is 6.61 Å². The molecule has 31 heavy (non-hydrogen) atoms. The van der Waals surface area contributed by atoms with Crippen molar-refractivity contribution < 1.29 is 14.3 Å². The minimum atomic E-state index is -0.606. The molecule has 0 N–H and O–H groups in total. The number of aryl methyl sites for hydroxylation is 2. The minimum Gasteiger partial charge on any atom is -0.452 e. The van der Waals surface area contributed by atoms with Crippen LogP contribution >= 0.6 is 0 Å². The second-order valence-corrected chi connectivity index (χ2v) is 7.45. The van der Waals surface area contributed by atoms with Gasteiger partial charge in [-0.05, 0) is 36.6 Å². The molecular formula is C24H26N4O3. The molecule has 0 fully saturated rings. The molecule has 7 heteroatoms. The predicted molar refractivity (Wildman–Crippen MR) is 118 cm³/mol. The number of benzene rings is 2. The Morgan fingerprint density at radius 2 is 1.90 bits per heavy atom. The largest absolute Gasteiger partial charge is 0.452 e. The molecule has 0 spiro atoms. The van der Waals surface area contributed by atoms with Crippen LogP contribution in [0.2, 0.25) is 0 Å². The van der Waals surface area contributed by atoms with E-state index in [1.165, 1.54) is 17.7 Å². The Balaban J connectivity index is 1.46. The monoisotopic (exact) mass is 418 g/mol. The summed E-state index contributed by atoms with van der Waals surface area (Å²) in [6.07, 6.45) is 4.49. The fraction of sp³-hybridized carbons (Fsp3) is 0.250. The van der Waals surface area contributed by atoms with Crippen LogP contribution in [0, 0.1) is 13.8 Å². The van der Waals surface area contributed by atoms with E-state index in [1.807, 2.05) is 56.3 Å². The van der Waals surface area contributed by atoms with Gasteiger partial charge in [0.2, 0.25) is 0 Å². The summed E-state index contributed by atoms with van der Waals surface area (Å²) in [7, 11) is 1.69. The lowest BCUT2D eigenvalue weighted by atomic mass is 10.1. The third-order valence-corrected chi connectivity index (χ3v) is 4.80. The summed E-state index contributed by atoms with van der Waals surface area (Å²) in [5.74, 6) is -0.874. The molecule has 0 unspecified atom stereocenters. The number of hydrogen-bond donors (Lipinski definition) is 0. The summed E-state index contributed by atoms with van der Waals surface area (Å²) in [5, 5.41) is 8.05. The van der Waals surface area contributed by atoms with Gasteiger partial charge >= 0.3 is 5.97 Å². The van der Waals surface area contributed by atoms with E-state index < -0.39 is 5.97 Å². The standard InChI is InChI=1S/C24H26N4O3/c1-18-9-10-21(19(2)13-18)15-27(3)23(29)17-31-24(30)12-11-22-16-28(26-25-22)14-20-7-5-4-6-8-20/h4-13,16H,14-15,17H2,1-3H3/b12-11+. The number of carbonyl (C=O) groups excluding carboxylic acids is 2. The summed E-state index contributed by atoms with van der Waals surface area (Å²) in [6.45, 7) is 4.78. The topological polar surface area (TPSA) is 77.3 Å². The molecule has 0 bridgehead atoms. The highest BCUT2D eigenvalue weighted by Gasteiger charge is 2.12. The molecule has 0 atom stereocenters. The van der Waals surface area contributed by atoms with Crippen molar-refractivity contribution >= 4 is 18.0 Å². The minimum absolute atomic E-state index is 0.268. The number of ether oxygens (including phenoxy) is 1. The molecule has 7 nitrogen and oxygen atoms in total. The number of nitrogens with zero attached hydrogens (tertiary/aromatic N) is 4. The van der Waals surface area contributed by atoms with Gasteiger partial charge in [-0.25, -0.2) is 9.48 Å². The number of rotatable bonds is 8. The van der Waals surface area contributed by atoms with Crippen LogP contribution in [-0.4, -0.2) is 45.4 Å². The molecule has 3 aromatic rings. The van der Waals surface area contributed by atoms with E-state index in [2.05, 4.69) is 16.4 Å². The van der Waals surface area contributed by atoms with Gasteiger partial charge in [-0.2, -0.15) is 0 Å². The third kappa shape index (κ3) is 6.64. The van der Waals surface area contributed by atoms with E-state index >= 15 is 0 Å². The van der Waals surface area contributed by atoms with Gasteiger partial charge in [0.25, 0.3) is 5.91 Å². The Labute approximate surface area is 181 Å².